The summed E-state index contributed by atoms with van der Waals surface area (Å²) in [4.78, 5) is 13.3. The van der Waals surface area contributed by atoms with Crippen LogP contribution in [0.5, 0.6) is 0 Å². The van der Waals surface area contributed by atoms with Crippen LogP contribution in [-0.2, 0) is 12.7 Å². The number of amides is 1. The summed E-state index contributed by atoms with van der Waals surface area (Å²) < 4.78 is 39.4. The zero-order valence-electron chi connectivity index (χ0n) is 10.5. The predicted molar refractivity (Wildman–Crippen MR) is 63.8 cm³/mol. The lowest BCUT2D eigenvalue weighted by atomic mass is 9.78. The van der Waals surface area contributed by atoms with E-state index in [1.165, 1.54) is 18.0 Å². The van der Waals surface area contributed by atoms with Crippen molar-refractivity contribution in [3.8, 4) is 0 Å². The number of rotatable bonds is 1. The lowest BCUT2D eigenvalue weighted by Gasteiger charge is -2.27. The van der Waals surface area contributed by atoms with Crippen molar-refractivity contribution in [3.05, 3.63) is 34.4 Å². The fraction of sp³-hybridized carbons (Fsp3) is 0.500. The molecule has 1 aromatic rings. The zero-order valence-corrected chi connectivity index (χ0v) is 10.5. The van der Waals surface area contributed by atoms with Gasteiger partial charge in [0.15, 0.2) is 0 Å². The summed E-state index contributed by atoms with van der Waals surface area (Å²) >= 11 is 0. The van der Waals surface area contributed by atoms with Crippen LogP contribution in [0.3, 0.4) is 0 Å². The van der Waals surface area contributed by atoms with Crippen LogP contribution in [0.1, 0.15) is 52.2 Å². The van der Waals surface area contributed by atoms with Crippen LogP contribution >= 0.6 is 0 Å². The molecule has 1 amide bonds. The van der Waals surface area contributed by atoms with Gasteiger partial charge in [-0.25, -0.2) is 0 Å². The standard InChI is InChI=1S/C14H14F3NO/c1-18-7-11-10(13(18)19)5-9(8-3-2-4-8)6-12(11)14(15,16)17/h5-6,8H,2-4,7H2,1H3. The average Bonchev–Trinajstić information content (AvgIpc) is 2.51. The third kappa shape index (κ3) is 1.91. The molecular weight excluding hydrogens is 255 g/mol. The van der Waals surface area contributed by atoms with Crippen LogP contribution in [0.25, 0.3) is 0 Å². The Morgan fingerprint density at radius 1 is 1.26 bits per heavy atom. The Morgan fingerprint density at radius 2 is 1.95 bits per heavy atom. The molecule has 1 aliphatic carbocycles. The number of alkyl halides is 3. The van der Waals surface area contributed by atoms with Crippen molar-refractivity contribution in [3.63, 3.8) is 0 Å². The fourth-order valence-corrected chi connectivity index (χ4v) is 2.80. The second-order valence-corrected chi connectivity index (χ2v) is 5.38. The molecule has 0 spiro atoms. The van der Waals surface area contributed by atoms with Crippen LogP contribution in [0.4, 0.5) is 13.2 Å². The van der Waals surface area contributed by atoms with Crippen molar-refractivity contribution >= 4 is 5.91 Å². The highest BCUT2D eigenvalue weighted by molar-refractivity contribution is 5.98. The molecule has 3 rings (SSSR count). The van der Waals surface area contributed by atoms with Gasteiger partial charge in [0.05, 0.1) is 5.56 Å². The van der Waals surface area contributed by atoms with E-state index in [0.29, 0.717) is 5.56 Å². The van der Waals surface area contributed by atoms with E-state index in [1.807, 2.05) is 0 Å². The Bertz CT molecular complexity index is 546. The number of hydrogen-bond acceptors (Lipinski definition) is 1. The summed E-state index contributed by atoms with van der Waals surface area (Å²) in [7, 11) is 1.53. The Morgan fingerprint density at radius 3 is 2.47 bits per heavy atom. The first-order valence-electron chi connectivity index (χ1n) is 6.37. The van der Waals surface area contributed by atoms with Crippen LogP contribution in [-0.4, -0.2) is 17.9 Å². The van der Waals surface area contributed by atoms with E-state index in [1.54, 1.807) is 6.07 Å². The van der Waals surface area contributed by atoms with Gasteiger partial charge in [-0.15, -0.1) is 0 Å². The van der Waals surface area contributed by atoms with Gasteiger partial charge >= 0.3 is 6.18 Å². The number of carbonyl (C=O) groups excluding carboxylic acids is 1. The lowest BCUT2D eigenvalue weighted by molar-refractivity contribution is -0.138. The van der Waals surface area contributed by atoms with Crippen LogP contribution < -0.4 is 0 Å². The Hall–Kier alpha value is -1.52. The van der Waals surface area contributed by atoms with Crippen LogP contribution in [0.2, 0.25) is 0 Å². The van der Waals surface area contributed by atoms with Crippen LogP contribution in [0.15, 0.2) is 12.1 Å². The molecule has 102 valence electrons. The minimum absolute atomic E-state index is 0.0496. The second-order valence-electron chi connectivity index (χ2n) is 5.38. The van der Waals surface area contributed by atoms with Gasteiger partial charge in [0, 0.05) is 19.2 Å². The Kier molecular flexibility index (Phi) is 2.62. The third-order valence-corrected chi connectivity index (χ3v) is 4.13. The first kappa shape index (κ1) is 12.5. The first-order chi connectivity index (χ1) is 8.88. The molecule has 1 saturated carbocycles. The number of nitrogens with zero attached hydrogens (tertiary/aromatic N) is 1. The number of halogens is 3. The predicted octanol–water partition coefficient (Wildman–Crippen LogP) is 3.56. The summed E-state index contributed by atoms with van der Waals surface area (Å²) in [5.41, 5.74) is 0.396. The van der Waals surface area contributed by atoms with Crippen molar-refractivity contribution in [1.82, 2.24) is 4.90 Å². The highest BCUT2D eigenvalue weighted by Crippen LogP contribution is 2.43. The smallest absolute Gasteiger partial charge is 0.337 e. The molecule has 0 radical (unpaired) electrons. The molecule has 19 heavy (non-hydrogen) atoms. The maximum absolute atomic E-state index is 13.1. The average molecular weight is 269 g/mol. The molecule has 1 heterocycles. The minimum Gasteiger partial charge on any atom is -0.337 e. The van der Waals surface area contributed by atoms with E-state index in [2.05, 4.69) is 0 Å². The van der Waals surface area contributed by atoms with E-state index < -0.39 is 11.7 Å². The van der Waals surface area contributed by atoms with Gasteiger partial charge in [-0.2, -0.15) is 13.2 Å². The normalized spacial score (nSPS) is 19.6. The van der Waals surface area contributed by atoms with Crippen LogP contribution in [0, 0.1) is 0 Å². The quantitative estimate of drug-likeness (QED) is 0.763. The third-order valence-electron chi connectivity index (χ3n) is 4.13. The van der Waals surface area contributed by atoms with Crippen molar-refractivity contribution in [1.29, 1.82) is 0 Å². The zero-order chi connectivity index (χ0) is 13.8. The summed E-state index contributed by atoms with van der Waals surface area (Å²) in [6.07, 6.45) is -1.51. The fourth-order valence-electron chi connectivity index (χ4n) is 2.80. The second kappa shape index (κ2) is 3.99. The Labute approximate surface area is 109 Å². The van der Waals surface area contributed by atoms with Gasteiger partial charge in [-0.3, -0.25) is 4.79 Å². The van der Waals surface area contributed by atoms with Gasteiger partial charge in [0.2, 0.25) is 0 Å². The SMILES string of the molecule is CN1Cc2c(cc(C3CCC3)cc2C(F)(F)F)C1=O. The molecule has 1 aromatic carbocycles. The molecule has 0 aromatic heterocycles. The van der Waals surface area contributed by atoms with E-state index in [-0.39, 0.29) is 29.5 Å². The molecular formula is C14H14F3NO. The monoisotopic (exact) mass is 269 g/mol. The molecule has 0 unspecified atom stereocenters. The largest absolute Gasteiger partial charge is 0.416 e. The number of benzene rings is 1. The number of hydrogen-bond donors (Lipinski definition) is 0. The van der Waals surface area contributed by atoms with Gasteiger partial charge in [-0.1, -0.05) is 6.42 Å². The molecule has 2 aliphatic rings. The molecule has 1 aliphatic heterocycles. The van der Waals surface area contributed by atoms with Gasteiger partial charge < -0.3 is 4.90 Å². The van der Waals surface area contributed by atoms with E-state index >= 15 is 0 Å². The minimum atomic E-state index is -4.39. The van der Waals surface area contributed by atoms with Gasteiger partial charge in [-0.05, 0) is 42.0 Å². The molecule has 0 atom stereocenters. The number of carbonyl (C=O) groups is 1. The Balaban J connectivity index is 2.15. The van der Waals surface area contributed by atoms with Crippen molar-refractivity contribution < 1.29 is 18.0 Å². The van der Waals surface area contributed by atoms with Crippen molar-refractivity contribution in [2.45, 2.75) is 37.9 Å². The molecule has 5 heteroatoms. The van der Waals surface area contributed by atoms with Gasteiger partial charge in [0.25, 0.3) is 5.91 Å². The summed E-state index contributed by atoms with van der Waals surface area (Å²) in [6.45, 7) is 0.0496. The van der Waals surface area contributed by atoms with Crippen molar-refractivity contribution in [2.75, 3.05) is 7.05 Å². The van der Waals surface area contributed by atoms with Gasteiger partial charge in [0.1, 0.15) is 0 Å². The highest BCUT2D eigenvalue weighted by atomic mass is 19.4. The maximum Gasteiger partial charge on any atom is 0.416 e. The molecule has 0 saturated heterocycles. The molecule has 1 fully saturated rings. The van der Waals surface area contributed by atoms with Crippen molar-refractivity contribution in [2.24, 2.45) is 0 Å². The molecule has 0 bridgehead atoms. The summed E-state index contributed by atoms with van der Waals surface area (Å²) in [6, 6.07) is 2.91. The number of fused-ring (bicyclic) bond motifs is 1. The van der Waals surface area contributed by atoms with E-state index in [4.69, 9.17) is 0 Å². The lowest BCUT2D eigenvalue weighted by Crippen LogP contribution is -2.17. The molecule has 2 nitrogen and oxygen atoms in total. The van der Waals surface area contributed by atoms with E-state index in [0.717, 1.165) is 19.3 Å². The topological polar surface area (TPSA) is 20.3 Å². The maximum atomic E-state index is 13.1. The summed E-state index contributed by atoms with van der Waals surface area (Å²) in [5, 5.41) is 0. The summed E-state index contributed by atoms with van der Waals surface area (Å²) in [5.74, 6) is -0.119. The highest BCUT2D eigenvalue weighted by Gasteiger charge is 2.40. The molecule has 0 N–H and O–H groups in total. The van der Waals surface area contributed by atoms with E-state index in [9.17, 15) is 18.0 Å². The first-order valence-corrected chi connectivity index (χ1v) is 6.37.